The van der Waals surface area contributed by atoms with Crippen molar-refractivity contribution in [2.75, 3.05) is 40.5 Å². The third-order valence-electron chi connectivity index (χ3n) is 4.61. The quantitative estimate of drug-likeness (QED) is 0.663. The number of likely N-dealkylation sites (tertiary alicyclic amines) is 1. The first kappa shape index (κ1) is 19.9. The summed E-state index contributed by atoms with van der Waals surface area (Å²) in [7, 11) is 3.07. The number of furan rings is 1. The normalized spacial score (nSPS) is 16.8. The smallest absolute Gasteiger partial charge is 0.289 e. The molecule has 152 valence electrons. The van der Waals surface area contributed by atoms with Crippen LogP contribution in [0, 0.1) is 5.92 Å². The van der Waals surface area contributed by atoms with Gasteiger partial charge in [0.25, 0.3) is 17.8 Å². The number of amides is 2. The molecule has 0 bridgehead atoms. The fourth-order valence-electron chi connectivity index (χ4n) is 3.21. The van der Waals surface area contributed by atoms with E-state index in [0.717, 1.165) is 12.8 Å². The topological polar surface area (TPSA) is 112 Å². The van der Waals surface area contributed by atoms with E-state index in [9.17, 15) is 9.59 Å². The van der Waals surface area contributed by atoms with E-state index in [0.29, 0.717) is 38.7 Å². The van der Waals surface area contributed by atoms with E-state index in [1.54, 1.807) is 35.0 Å². The van der Waals surface area contributed by atoms with Crippen LogP contribution in [0.1, 0.15) is 33.9 Å². The molecule has 3 heterocycles. The Morgan fingerprint density at radius 2 is 2.21 bits per heavy atom. The average Bonchev–Trinajstić information content (AvgIpc) is 3.37. The lowest BCUT2D eigenvalue weighted by Gasteiger charge is -2.32. The Balaban J connectivity index is 1.55. The maximum atomic E-state index is 12.6. The molecule has 0 aliphatic carbocycles. The molecular formula is C18H25N5O5. The zero-order chi connectivity index (χ0) is 19.9. The van der Waals surface area contributed by atoms with Crippen molar-refractivity contribution in [1.29, 1.82) is 0 Å². The molecule has 0 unspecified atom stereocenters. The van der Waals surface area contributed by atoms with Crippen molar-refractivity contribution in [2.45, 2.75) is 19.4 Å². The molecule has 1 fully saturated rings. The van der Waals surface area contributed by atoms with E-state index >= 15 is 0 Å². The van der Waals surface area contributed by atoms with E-state index in [1.807, 2.05) is 0 Å². The number of aromatic nitrogens is 3. The first-order valence-corrected chi connectivity index (χ1v) is 9.21. The predicted molar refractivity (Wildman–Crippen MR) is 98.1 cm³/mol. The van der Waals surface area contributed by atoms with E-state index in [2.05, 4.69) is 15.6 Å². The second-order valence-electron chi connectivity index (χ2n) is 6.66. The Hall–Kier alpha value is -2.88. The van der Waals surface area contributed by atoms with Crippen molar-refractivity contribution in [3.8, 4) is 5.95 Å². The van der Waals surface area contributed by atoms with Crippen molar-refractivity contribution in [3.05, 3.63) is 29.8 Å². The lowest BCUT2D eigenvalue weighted by Crippen LogP contribution is -2.41. The summed E-state index contributed by atoms with van der Waals surface area (Å²) in [4.78, 5) is 26.4. The van der Waals surface area contributed by atoms with Crippen molar-refractivity contribution in [3.63, 3.8) is 0 Å². The molecule has 1 aliphatic rings. The molecule has 0 spiro atoms. The predicted octanol–water partition coefficient (Wildman–Crippen LogP) is 0.808. The number of piperidine rings is 1. The fourth-order valence-corrected chi connectivity index (χ4v) is 3.21. The molecule has 3 rings (SSSR count). The second kappa shape index (κ2) is 9.36. The molecule has 0 saturated carbocycles. The summed E-state index contributed by atoms with van der Waals surface area (Å²) in [5.74, 6) is 0.380. The van der Waals surface area contributed by atoms with E-state index in [-0.39, 0.29) is 29.2 Å². The summed E-state index contributed by atoms with van der Waals surface area (Å²) in [6.45, 7) is 2.72. The van der Waals surface area contributed by atoms with Gasteiger partial charge >= 0.3 is 0 Å². The first-order chi connectivity index (χ1) is 13.6. The minimum absolute atomic E-state index is 0.148. The van der Waals surface area contributed by atoms with Crippen LogP contribution in [0.2, 0.25) is 0 Å². The van der Waals surface area contributed by atoms with Crippen LogP contribution in [0.25, 0.3) is 0 Å². The van der Waals surface area contributed by atoms with Crippen LogP contribution in [0.3, 0.4) is 0 Å². The maximum Gasteiger partial charge on any atom is 0.289 e. The summed E-state index contributed by atoms with van der Waals surface area (Å²) in [6, 6.07) is 3.25. The van der Waals surface area contributed by atoms with Crippen LogP contribution in [0.15, 0.2) is 22.7 Å². The molecule has 2 aromatic heterocycles. The highest BCUT2D eigenvalue weighted by Gasteiger charge is 2.27. The van der Waals surface area contributed by atoms with Gasteiger partial charge < -0.3 is 24.1 Å². The van der Waals surface area contributed by atoms with Crippen molar-refractivity contribution < 1.29 is 23.5 Å². The number of hydrogen-bond acceptors (Lipinski definition) is 7. The zero-order valence-electron chi connectivity index (χ0n) is 16.1. The number of nitrogens with zero attached hydrogens (tertiary/aromatic N) is 4. The molecule has 2 aromatic rings. The van der Waals surface area contributed by atoms with E-state index in [4.69, 9.17) is 13.9 Å². The van der Waals surface area contributed by atoms with Crippen LogP contribution < -0.4 is 10.1 Å². The summed E-state index contributed by atoms with van der Waals surface area (Å²) in [5, 5.41) is 10.7. The molecular weight excluding hydrogens is 366 g/mol. The van der Waals surface area contributed by atoms with Gasteiger partial charge in [-0.05, 0) is 24.8 Å². The lowest BCUT2D eigenvalue weighted by atomic mass is 9.98. The number of methoxy groups -OCH3 is 2. The van der Waals surface area contributed by atoms with Crippen LogP contribution in [-0.2, 0) is 11.3 Å². The van der Waals surface area contributed by atoms with Gasteiger partial charge in [0.2, 0.25) is 0 Å². The van der Waals surface area contributed by atoms with Gasteiger partial charge in [0.05, 0.1) is 19.9 Å². The number of carbonyl (C=O) groups excluding carboxylic acids is 2. The highest BCUT2D eigenvalue weighted by molar-refractivity contribution is 5.92. The zero-order valence-corrected chi connectivity index (χ0v) is 16.1. The molecule has 0 aromatic carbocycles. The Labute approximate surface area is 162 Å². The average molecular weight is 391 g/mol. The number of nitrogens with one attached hydrogen (secondary N) is 1. The van der Waals surface area contributed by atoms with Gasteiger partial charge in [-0.15, -0.1) is 5.10 Å². The highest BCUT2D eigenvalue weighted by Crippen LogP contribution is 2.22. The number of ether oxygens (including phenoxy) is 2. The van der Waals surface area contributed by atoms with Gasteiger partial charge in [-0.25, -0.2) is 0 Å². The molecule has 10 heteroatoms. The summed E-state index contributed by atoms with van der Waals surface area (Å²) >= 11 is 0. The van der Waals surface area contributed by atoms with Gasteiger partial charge in [-0.3, -0.25) is 14.3 Å². The molecule has 1 saturated heterocycles. The molecule has 2 amide bonds. The van der Waals surface area contributed by atoms with Gasteiger partial charge in [-0.1, -0.05) is 5.21 Å². The molecule has 10 nitrogen and oxygen atoms in total. The standard InChI is InChI=1S/C18H25N5O5/c1-26-9-7-19-17(24)14-12-23(21-20-14)11-13-4-3-8-22(10-13)18(25)15-5-6-16(27-2)28-15/h5-6,12-13H,3-4,7-11H2,1-2H3,(H,19,24)/t13-/m0/s1. The molecule has 0 radical (unpaired) electrons. The van der Waals surface area contributed by atoms with Crippen LogP contribution in [0.5, 0.6) is 5.95 Å². The van der Waals surface area contributed by atoms with E-state index in [1.165, 1.54) is 7.11 Å². The molecule has 28 heavy (non-hydrogen) atoms. The Morgan fingerprint density at radius 3 is 2.96 bits per heavy atom. The van der Waals surface area contributed by atoms with Gasteiger partial charge in [0, 0.05) is 39.4 Å². The molecule has 1 aliphatic heterocycles. The molecule has 1 atom stereocenters. The van der Waals surface area contributed by atoms with Gasteiger partial charge in [0.1, 0.15) is 0 Å². The lowest BCUT2D eigenvalue weighted by molar-refractivity contribution is 0.0621. The van der Waals surface area contributed by atoms with Crippen LogP contribution >= 0.6 is 0 Å². The number of hydrogen-bond donors (Lipinski definition) is 1. The summed E-state index contributed by atoms with van der Waals surface area (Å²) in [6.07, 6.45) is 3.49. The van der Waals surface area contributed by atoms with Crippen molar-refractivity contribution >= 4 is 11.8 Å². The van der Waals surface area contributed by atoms with Gasteiger partial charge in [-0.2, -0.15) is 0 Å². The fraction of sp³-hybridized carbons (Fsp3) is 0.556. The monoisotopic (exact) mass is 391 g/mol. The SMILES string of the molecule is COCCNC(=O)c1cn(C[C@H]2CCCN(C(=O)c3ccc(OC)o3)C2)nn1. The third kappa shape index (κ3) is 4.89. The Morgan fingerprint density at radius 1 is 1.36 bits per heavy atom. The van der Waals surface area contributed by atoms with Crippen LogP contribution in [0.4, 0.5) is 0 Å². The van der Waals surface area contributed by atoms with Crippen molar-refractivity contribution in [2.24, 2.45) is 5.92 Å². The number of carbonyl (C=O) groups is 2. The van der Waals surface area contributed by atoms with Crippen molar-refractivity contribution in [1.82, 2.24) is 25.2 Å². The Bertz CT molecular complexity index is 802. The van der Waals surface area contributed by atoms with Crippen LogP contribution in [-0.4, -0.2) is 72.2 Å². The second-order valence-corrected chi connectivity index (χ2v) is 6.66. The summed E-state index contributed by atoms with van der Waals surface area (Å²) < 4.78 is 16.9. The first-order valence-electron chi connectivity index (χ1n) is 9.21. The minimum atomic E-state index is -0.282. The summed E-state index contributed by atoms with van der Waals surface area (Å²) in [5.41, 5.74) is 0.266. The third-order valence-corrected chi connectivity index (χ3v) is 4.61. The number of rotatable bonds is 8. The van der Waals surface area contributed by atoms with E-state index < -0.39 is 0 Å². The van der Waals surface area contributed by atoms with Gasteiger partial charge in [0.15, 0.2) is 11.5 Å². The Kier molecular flexibility index (Phi) is 6.64. The highest BCUT2D eigenvalue weighted by atomic mass is 16.6. The molecule has 1 N–H and O–H groups in total. The minimum Gasteiger partial charge on any atom is -0.468 e. The maximum absolute atomic E-state index is 12.6. The largest absolute Gasteiger partial charge is 0.468 e.